The lowest BCUT2D eigenvalue weighted by atomic mass is 10.3. The lowest BCUT2D eigenvalue weighted by molar-refractivity contribution is -0.115. The van der Waals surface area contributed by atoms with Crippen molar-refractivity contribution in [2.45, 2.75) is 30.4 Å². The molecule has 0 saturated carbocycles. The summed E-state index contributed by atoms with van der Waals surface area (Å²) in [4.78, 5) is 22.1. The molecule has 1 atom stereocenters. The summed E-state index contributed by atoms with van der Waals surface area (Å²) < 4.78 is 0. The molecule has 1 N–H and O–H groups in total. The number of anilines is 1. The molecule has 0 aliphatic carbocycles. The van der Waals surface area contributed by atoms with Gasteiger partial charge in [-0.25, -0.2) is 4.98 Å². The van der Waals surface area contributed by atoms with Crippen molar-refractivity contribution in [1.82, 2.24) is 15.2 Å². The van der Waals surface area contributed by atoms with Crippen LogP contribution in [-0.4, -0.2) is 32.6 Å². The highest BCUT2D eigenvalue weighted by atomic mass is 35.5. The van der Waals surface area contributed by atoms with E-state index in [4.69, 9.17) is 11.6 Å². The van der Waals surface area contributed by atoms with E-state index in [0.29, 0.717) is 16.7 Å². The standard InChI is InChI=1S/C19H18ClN5OS2/c1-3-15(18(26)23-19-25-24-12(2)27-19)28-16-9-5-4-8-14(16)22-11-13-7-6-10-21-17(13)20/h4-11,15H,3H2,1-2H3,(H,23,25,26). The van der Waals surface area contributed by atoms with Crippen LogP contribution in [0.2, 0.25) is 5.15 Å². The zero-order chi connectivity index (χ0) is 19.9. The predicted octanol–water partition coefficient (Wildman–Crippen LogP) is 5.15. The highest BCUT2D eigenvalue weighted by Gasteiger charge is 2.20. The van der Waals surface area contributed by atoms with Gasteiger partial charge in [0.2, 0.25) is 11.0 Å². The van der Waals surface area contributed by atoms with Gasteiger partial charge in [-0.3, -0.25) is 15.1 Å². The number of pyridine rings is 1. The summed E-state index contributed by atoms with van der Waals surface area (Å²) in [5, 5.41) is 12.2. The van der Waals surface area contributed by atoms with E-state index in [9.17, 15) is 4.79 Å². The van der Waals surface area contributed by atoms with E-state index in [0.717, 1.165) is 21.2 Å². The fourth-order valence-electron chi connectivity index (χ4n) is 2.31. The highest BCUT2D eigenvalue weighted by Crippen LogP contribution is 2.34. The van der Waals surface area contributed by atoms with Crippen LogP contribution in [-0.2, 0) is 4.79 Å². The molecule has 0 radical (unpaired) electrons. The molecule has 3 rings (SSSR count). The van der Waals surface area contributed by atoms with E-state index < -0.39 is 0 Å². The molecule has 0 saturated heterocycles. The molecule has 6 nitrogen and oxygen atoms in total. The Labute approximate surface area is 176 Å². The number of aryl methyl sites for hydroxylation is 1. The average Bonchev–Trinajstić information content (AvgIpc) is 3.10. The molecule has 2 heterocycles. The monoisotopic (exact) mass is 431 g/mol. The number of hydrogen-bond acceptors (Lipinski definition) is 7. The molecule has 1 aromatic carbocycles. The zero-order valence-electron chi connectivity index (χ0n) is 15.3. The van der Waals surface area contributed by atoms with Crippen LogP contribution < -0.4 is 5.32 Å². The van der Waals surface area contributed by atoms with Crippen LogP contribution in [0.4, 0.5) is 10.8 Å². The van der Waals surface area contributed by atoms with E-state index in [2.05, 4.69) is 25.5 Å². The first-order valence-electron chi connectivity index (χ1n) is 8.58. The van der Waals surface area contributed by atoms with E-state index in [-0.39, 0.29) is 11.2 Å². The second kappa shape index (κ2) is 9.77. The van der Waals surface area contributed by atoms with Crippen molar-refractivity contribution in [3.63, 3.8) is 0 Å². The van der Waals surface area contributed by atoms with Gasteiger partial charge in [-0.05, 0) is 37.6 Å². The Hall–Kier alpha value is -2.29. The normalized spacial score (nSPS) is 12.2. The third-order valence-corrected chi connectivity index (χ3v) is 6.19. The van der Waals surface area contributed by atoms with Crippen LogP contribution in [0.1, 0.15) is 23.9 Å². The maximum absolute atomic E-state index is 12.6. The van der Waals surface area contributed by atoms with Crippen molar-refractivity contribution in [1.29, 1.82) is 0 Å². The van der Waals surface area contributed by atoms with E-state index in [1.54, 1.807) is 18.5 Å². The van der Waals surface area contributed by atoms with Crippen LogP contribution in [0.3, 0.4) is 0 Å². The summed E-state index contributed by atoms with van der Waals surface area (Å²) >= 11 is 8.91. The number of aliphatic imine (C=N–C) groups is 1. The fraction of sp³-hybridized carbons (Fsp3) is 0.211. The minimum atomic E-state index is -0.275. The third-order valence-electron chi connectivity index (χ3n) is 3.68. The van der Waals surface area contributed by atoms with Gasteiger partial charge in [-0.1, -0.05) is 42.0 Å². The second-order valence-electron chi connectivity index (χ2n) is 5.74. The van der Waals surface area contributed by atoms with Crippen LogP contribution >= 0.6 is 34.7 Å². The number of nitrogens with zero attached hydrogens (tertiary/aromatic N) is 4. The second-order valence-corrected chi connectivity index (χ2v) is 8.52. The first-order chi connectivity index (χ1) is 13.6. The largest absolute Gasteiger partial charge is 0.300 e. The predicted molar refractivity (Wildman–Crippen MR) is 116 cm³/mol. The Morgan fingerprint density at radius 2 is 2.14 bits per heavy atom. The molecule has 9 heteroatoms. The number of hydrogen-bond donors (Lipinski definition) is 1. The number of benzene rings is 1. The minimum Gasteiger partial charge on any atom is -0.300 e. The van der Waals surface area contributed by atoms with Crippen LogP contribution in [0.25, 0.3) is 0 Å². The molecule has 1 amide bonds. The van der Waals surface area contributed by atoms with Gasteiger partial charge in [0.15, 0.2) is 0 Å². The Morgan fingerprint density at radius 1 is 1.32 bits per heavy atom. The summed E-state index contributed by atoms with van der Waals surface area (Å²) in [7, 11) is 0. The molecule has 28 heavy (non-hydrogen) atoms. The summed E-state index contributed by atoms with van der Waals surface area (Å²) in [5.74, 6) is -0.0993. The van der Waals surface area contributed by atoms with Crippen LogP contribution in [0, 0.1) is 6.92 Å². The molecular weight excluding hydrogens is 414 g/mol. The fourth-order valence-corrected chi connectivity index (χ4v) is 4.11. The summed E-state index contributed by atoms with van der Waals surface area (Å²) in [6, 6.07) is 11.3. The number of halogens is 1. The summed E-state index contributed by atoms with van der Waals surface area (Å²) in [6.07, 6.45) is 3.98. The van der Waals surface area contributed by atoms with Gasteiger partial charge in [0.1, 0.15) is 10.2 Å². The van der Waals surface area contributed by atoms with E-state index in [1.165, 1.54) is 23.1 Å². The molecule has 0 spiro atoms. The van der Waals surface area contributed by atoms with Crippen molar-refractivity contribution in [3.8, 4) is 0 Å². The molecule has 0 fully saturated rings. The van der Waals surface area contributed by atoms with Gasteiger partial charge in [-0.2, -0.15) is 0 Å². The molecule has 1 unspecified atom stereocenters. The maximum atomic E-state index is 12.6. The quantitative estimate of drug-likeness (QED) is 0.317. The number of carbonyl (C=O) groups is 1. The number of nitrogens with one attached hydrogen (secondary N) is 1. The lowest BCUT2D eigenvalue weighted by Gasteiger charge is -2.14. The summed E-state index contributed by atoms with van der Waals surface area (Å²) in [5.41, 5.74) is 1.51. The van der Waals surface area contributed by atoms with Crippen LogP contribution in [0.15, 0.2) is 52.5 Å². The first kappa shape index (κ1) is 20.4. The molecule has 0 aliphatic rings. The molecule has 0 bridgehead atoms. The Morgan fingerprint density at radius 3 is 2.86 bits per heavy atom. The van der Waals surface area contributed by atoms with Crippen molar-refractivity contribution in [3.05, 3.63) is 58.3 Å². The van der Waals surface area contributed by atoms with Crippen molar-refractivity contribution in [2.75, 3.05) is 5.32 Å². The zero-order valence-corrected chi connectivity index (χ0v) is 17.7. The van der Waals surface area contributed by atoms with Gasteiger partial charge in [0.05, 0.1) is 10.9 Å². The van der Waals surface area contributed by atoms with Gasteiger partial charge in [-0.15, -0.1) is 22.0 Å². The molecule has 144 valence electrons. The number of amides is 1. The third kappa shape index (κ3) is 5.37. The number of para-hydroxylation sites is 1. The van der Waals surface area contributed by atoms with E-state index >= 15 is 0 Å². The average molecular weight is 432 g/mol. The van der Waals surface area contributed by atoms with Gasteiger partial charge in [0.25, 0.3) is 0 Å². The van der Waals surface area contributed by atoms with Gasteiger partial charge >= 0.3 is 0 Å². The topological polar surface area (TPSA) is 80.1 Å². The molecular formula is C19H18ClN5OS2. The SMILES string of the molecule is CCC(Sc1ccccc1N=Cc1cccnc1Cl)C(=O)Nc1nnc(C)s1. The smallest absolute Gasteiger partial charge is 0.239 e. The number of carbonyl (C=O) groups excluding carboxylic acids is 1. The molecule has 3 aromatic rings. The number of rotatable bonds is 7. The Kier molecular flexibility index (Phi) is 7.13. The maximum Gasteiger partial charge on any atom is 0.239 e. The van der Waals surface area contributed by atoms with Crippen molar-refractivity contribution in [2.24, 2.45) is 4.99 Å². The van der Waals surface area contributed by atoms with Gasteiger partial charge in [0, 0.05) is 22.9 Å². The Balaban J connectivity index is 1.75. The first-order valence-corrected chi connectivity index (χ1v) is 10.7. The highest BCUT2D eigenvalue weighted by molar-refractivity contribution is 8.00. The number of thioether (sulfide) groups is 1. The van der Waals surface area contributed by atoms with E-state index in [1.807, 2.05) is 44.2 Å². The number of aromatic nitrogens is 3. The van der Waals surface area contributed by atoms with Crippen molar-refractivity contribution >= 4 is 57.6 Å². The van der Waals surface area contributed by atoms with Crippen molar-refractivity contribution < 1.29 is 4.79 Å². The Bertz CT molecular complexity index is 992. The van der Waals surface area contributed by atoms with Crippen LogP contribution in [0.5, 0.6) is 0 Å². The summed E-state index contributed by atoms with van der Waals surface area (Å²) in [6.45, 7) is 3.83. The molecule has 0 aliphatic heterocycles. The van der Waals surface area contributed by atoms with Gasteiger partial charge < -0.3 is 0 Å². The minimum absolute atomic E-state index is 0.0993. The lowest BCUT2D eigenvalue weighted by Crippen LogP contribution is -2.24. The molecule has 2 aromatic heterocycles.